The quantitative estimate of drug-likeness (QED) is 0.787. The lowest BCUT2D eigenvalue weighted by Gasteiger charge is -2.32. The van der Waals surface area contributed by atoms with E-state index in [4.69, 9.17) is 11.6 Å². The molecule has 1 aromatic rings. The van der Waals surface area contributed by atoms with Crippen LogP contribution in [0.4, 0.5) is 5.13 Å². The van der Waals surface area contributed by atoms with Gasteiger partial charge in [-0.3, -0.25) is 9.69 Å². The van der Waals surface area contributed by atoms with Crippen LogP contribution in [0.25, 0.3) is 0 Å². The molecular formula is C12H17ClN2OS. The molecule has 0 atom stereocenters. The van der Waals surface area contributed by atoms with Crippen molar-refractivity contribution in [3.63, 3.8) is 0 Å². The topological polar surface area (TPSA) is 33.2 Å². The zero-order valence-electron chi connectivity index (χ0n) is 9.77. The Labute approximate surface area is 111 Å². The second-order valence-corrected chi connectivity index (χ2v) is 5.56. The first kappa shape index (κ1) is 12.8. The Morgan fingerprint density at radius 2 is 2.24 bits per heavy atom. The molecular weight excluding hydrogens is 256 g/mol. The van der Waals surface area contributed by atoms with Crippen LogP contribution in [0, 0.1) is 0 Å². The lowest BCUT2D eigenvalue weighted by molar-refractivity contribution is -0.118. The molecule has 0 radical (unpaired) electrons. The summed E-state index contributed by atoms with van der Waals surface area (Å²) in [5.41, 5.74) is 0. The van der Waals surface area contributed by atoms with Crippen LogP contribution in [-0.2, 0) is 4.79 Å². The predicted octanol–water partition coefficient (Wildman–Crippen LogP) is 3.44. The molecule has 1 aliphatic carbocycles. The van der Waals surface area contributed by atoms with Crippen molar-refractivity contribution >= 4 is 34.0 Å². The van der Waals surface area contributed by atoms with Crippen LogP contribution >= 0.6 is 22.9 Å². The van der Waals surface area contributed by atoms with Gasteiger partial charge in [-0.05, 0) is 12.8 Å². The van der Waals surface area contributed by atoms with Gasteiger partial charge in [0.25, 0.3) is 0 Å². The normalized spacial score (nSPS) is 17.0. The van der Waals surface area contributed by atoms with E-state index in [0.717, 1.165) is 18.0 Å². The van der Waals surface area contributed by atoms with E-state index in [1.807, 2.05) is 10.3 Å². The number of carbonyl (C=O) groups is 1. The van der Waals surface area contributed by atoms with Crippen molar-refractivity contribution < 1.29 is 4.79 Å². The summed E-state index contributed by atoms with van der Waals surface area (Å²) in [6.45, 7) is 0. The minimum absolute atomic E-state index is 0.113. The fourth-order valence-corrected chi connectivity index (χ4v) is 3.23. The molecule has 0 unspecified atom stereocenters. The minimum atomic E-state index is 0.113. The standard InChI is InChI=1S/C12H17ClN2OS/c13-7-6-11(16)15(12-14-8-9-17-12)10-4-2-1-3-5-10/h8-10H,1-7H2. The smallest absolute Gasteiger partial charge is 0.230 e. The highest BCUT2D eigenvalue weighted by Gasteiger charge is 2.27. The number of alkyl halides is 1. The Hall–Kier alpha value is -0.610. The lowest BCUT2D eigenvalue weighted by atomic mass is 9.94. The Morgan fingerprint density at radius 1 is 1.47 bits per heavy atom. The number of aromatic nitrogens is 1. The molecule has 0 N–H and O–H groups in total. The van der Waals surface area contributed by atoms with Crippen LogP contribution in [0.2, 0.25) is 0 Å². The maximum atomic E-state index is 12.1. The summed E-state index contributed by atoms with van der Waals surface area (Å²) in [5.74, 6) is 0.495. The second kappa shape index (κ2) is 6.36. The van der Waals surface area contributed by atoms with Crippen molar-refractivity contribution in [2.24, 2.45) is 0 Å². The minimum Gasteiger partial charge on any atom is -0.285 e. The van der Waals surface area contributed by atoms with Gasteiger partial charge in [0.05, 0.1) is 0 Å². The van der Waals surface area contributed by atoms with Crippen LogP contribution < -0.4 is 4.90 Å². The third-order valence-corrected chi connectivity index (χ3v) is 4.10. The highest BCUT2D eigenvalue weighted by Crippen LogP contribution is 2.29. The van der Waals surface area contributed by atoms with Gasteiger partial charge < -0.3 is 0 Å². The van der Waals surface area contributed by atoms with E-state index in [9.17, 15) is 4.79 Å². The molecule has 1 aliphatic rings. The molecule has 0 aromatic carbocycles. The molecule has 1 amide bonds. The third kappa shape index (κ3) is 3.19. The van der Waals surface area contributed by atoms with Crippen LogP contribution in [0.1, 0.15) is 38.5 Å². The summed E-state index contributed by atoms with van der Waals surface area (Å²) in [5, 5.41) is 2.74. The molecule has 3 nitrogen and oxygen atoms in total. The zero-order chi connectivity index (χ0) is 12.1. The zero-order valence-corrected chi connectivity index (χ0v) is 11.3. The van der Waals surface area contributed by atoms with Gasteiger partial charge in [0.15, 0.2) is 5.13 Å². The number of anilines is 1. The monoisotopic (exact) mass is 272 g/mol. The summed E-state index contributed by atoms with van der Waals surface area (Å²) in [6.07, 6.45) is 8.04. The number of hydrogen-bond acceptors (Lipinski definition) is 3. The first-order valence-corrected chi connectivity index (χ1v) is 7.52. The van der Waals surface area contributed by atoms with Gasteiger partial charge in [-0.25, -0.2) is 4.98 Å². The second-order valence-electron chi connectivity index (χ2n) is 4.31. The van der Waals surface area contributed by atoms with Gasteiger partial charge >= 0.3 is 0 Å². The van der Waals surface area contributed by atoms with E-state index in [0.29, 0.717) is 18.3 Å². The van der Waals surface area contributed by atoms with E-state index < -0.39 is 0 Å². The number of nitrogens with zero attached hydrogens (tertiary/aromatic N) is 2. The van der Waals surface area contributed by atoms with E-state index in [1.165, 1.54) is 30.6 Å². The largest absolute Gasteiger partial charge is 0.285 e. The molecule has 1 fully saturated rings. The maximum absolute atomic E-state index is 12.1. The predicted molar refractivity (Wildman–Crippen MR) is 71.8 cm³/mol. The van der Waals surface area contributed by atoms with Crippen molar-refractivity contribution in [2.45, 2.75) is 44.6 Å². The summed E-state index contributed by atoms with van der Waals surface area (Å²) >= 11 is 7.21. The Kier molecular flexibility index (Phi) is 4.80. The number of rotatable bonds is 4. The molecule has 0 bridgehead atoms. The van der Waals surface area contributed by atoms with Crippen molar-refractivity contribution in [1.82, 2.24) is 4.98 Å². The highest BCUT2D eigenvalue weighted by molar-refractivity contribution is 7.13. The fraction of sp³-hybridized carbons (Fsp3) is 0.667. The van der Waals surface area contributed by atoms with Crippen LogP contribution in [0.3, 0.4) is 0 Å². The average molecular weight is 273 g/mol. The molecule has 5 heteroatoms. The van der Waals surface area contributed by atoms with Gasteiger partial charge in [-0.2, -0.15) is 0 Å². The molecule has 0 aliphatic heterocycles. The van der Waals surface area contributed by atoms with Crippen LogP contribution in [0.15, 0.2) is 11.6 Å². The van der Waals surface area contributed by atoms with E-state index in [1.54, 1.807) is 6.20 Å². The van der Waals surface area contributed by atoms with Gasteiger partial charge in [0, 0.05) is 29.9 Å². The molecule has 0 spiro atoms. The highest BCUT2D eigenvalue weighted by atomic mass is 35.5. The van der Waals surface area contributed by atoms with Crippen LogP contribution in [0.5, 0.6) is 0 Å². The van der Waals surface area contributed by atoms with Crippen molar-refractivity contribution in [2.75, 3.05) is 10.8 Å². The molecule has 1 aromatic heterocycles. The summed E-state index contributed by atoms with van der Waals surface area (Å²) in [4.78, 5) is 18.3. The third-order valence-electron chi connectivity index (χ3n) is 3.14. The van der Waals surface area contributed by atoms with Gasteiger partial charge in [-0.15, -0.1) is 22.9 Å². The Balaban J connectivity index is 2.14. The van der Waals surface area contributed by atoms with Crippen molar-refractivity contribution in [3.8, 4) is 0 Å². The number of hydrogen-bond donors (Lipinski definition) is 0. The van der Waals surface area contributed by atoms with Crippen molar-refractivity contribution in [1.29, 1.82) is 0 Å². The number of halogens is 1. The summed E-state index contributed by atoms with van der Waals surface area (Å²) < 4.78 is 0. The average Bonchev–Trinajstić information content (AvgIpc) is 2.85. The molecule has 1 saturated carbocycles. The van der Waals surface area contributed by atoms with Gasteiger partial charge in [-0.1, -0.05) is 19.3 Å². The van der Waals surface area contributed by atoms with Gasteiger partial charge in [0.2, 0.25) is 5.91 Å². The molecule has 1 heterocycles. The fourth-order valence-electron chi connectivity index (χ4n) is 2.34. The summed E-state index contributed by atoms with van der Waals surface area (Å²) in [6, 6.07) is 0.325. The Bertz CT molecular complexity index is 349. The molecule has 2 rings (SSSR count). The number of carbonyl (C=O) groups excluding carboxylic acids is 1. The molecule has 94 valence electrons. The van der Waals surface area contributed by atoms with E-state index in [2.05, 4.69) is 4.98 Å². The van der Waals surface area contributed by atoms with E-state index >= 15 is 0 Å². The molecule has 17 heavy (non-hydrogen) atoms. The van der Waals surface area contributed by atoms with Crippen molar-refractivity contribution in [3.05, 3.63) is 11.6 Å². The first-order chi connectivity index (χ1) is 8.33. The van der Waals surface area contributed by atoms with Gasteiger partial charge in [0.1, 0.15) is 0 Å². The summed E-state index contributed by atoms with van der Waals surface area (Å²) in [7, 11) is 0. The number of thiazole rings is 1. The van der Waals surface area contributed by atoms with E-state index in [-0.39, 0.29) is 5.91 Å². The first-order valence-electron chi connectivity index (χ1n) is 6.10. The molecule has 0 saturated heterocycles. The number of amides is 1. The van der Waals surface area contributed by atoms with Crippen LogP contribution in [-0.4, -0.2) is 22.8 Å². The Morgan fingerprint density at radius 3 is 2.82 bits per heavy atom. The SMILES string of the molecule is O=C(CCCl)N(c1nccs1)C1CCCCC1. The lowest BCUT2D eigenvalue weighted by Crippen LogP contribution is -2.41. The maximum Gasteiger partial charge on any atom is 0.230 e.